The van der Waals surface area contributed by atoms with Gasteiger partial charge in [0.15, 0.2) is 11.6 Å². The van der Waals surface area contributed by atoms with Gasteiger partial charge in [-0.1, -0.05) is 30.4 Å². The number of aliphatic carboxylic acids is 1. The van der Waals surface area contributed by atoms with Crippen molar-refractivity contribution in [1.29, 1.82) is 0 Å². The van der Waals surface area contributed by atoms with Crippen LogP contribution in [0.4, 0.5) is 13.2 Å². The molecule has 0 atom stereocenters. The second-order valence-corrected chi connectivity index (χ2v) is 8.16. The Morgan fingerprint density at radius 1 is 1.13 bits per heavy atom. The Morgan fingerprint density at radius 2 is 1.87 bits per heavy atom. The third-order valence-corrected chi connectivity index (χ3v) is 5.70. The lowest BCUT2D eigenvalue weighted by Crippen LogP contribution is -2.29. The van der Waals surface area contributed by atoms with Crippen LogP contribution in [0.3, 0.4) is 0 Å². The van der Waals surface area contributed by atoms with Gasteiger partial charge in [-0.3, -0.25) is 14.5 Å². The van der Waals surface area contributed by atoms with E-state index in [1.54, 1.807) is 0 Å². The molecular weight excluding hydrogens is 439 g/mol. The van der Waals surface area contributed by atoms with E-state index in [1.165, 1.54) is 23.1 Å². The van der Waals surface area contributed by atoms with Crippen LogP contribution in [0.5, 0.6) is 0 Å². The molecule has 10 heteroatoms. The smallest absolute Gasteiger partial charge is 0.303 e. The van der Waals surface area contributed by atoms with Gasteiger partial charge in [0.25, 0.3) is 5.91 Å². The fourth-order valence-electron chi connectivity index (χ4n) is 2.83. The molecule has 3 rings (SSSR count). The summed E-state index contributed by atoms with van der Waals surface area (Å²) in [5, 5.41) is 8.64. The zero-order valence-electron chi connectivity index (χ0n) is 15.5. The van der Waals surface area contributed by atoms with Gasteiger partial charge in [0, 0.05) is 25.1 Å². The molecule has 1 aliphatic rings. The van der Waals surface area contributed by atoms with Crippen LogP contribution in [0.1, 0.15) is 31.4 Å². The van der Waals surface area contributed by atoms with Crippen molar-refractivity contribution in [2.75, 3.05) is 6.54 Å². The van der Waals surface area contributed by atoms with Crippen molar-refractivity contribution in [2.24, 2.45) is 0 Å². The Morgan fingerprint density at radius 3 is 2.60 bits per heavy atom. The summed E-state index contributed by atoms with van der Waals surface area (Å²) in [4.78, 5) is 24.8. The lowest BCUT2D eigenvalue weighted by molar-refractivity contribution is -0.137. The Bertz CT molecular complexity index is 1040. The Hall–Kier alpha value is -2.59. The number of carbonyl (C=O) groups excluding carboxylic acids is 1. The second-order valence-electron chi connectivity index (χ2n) is 6.49. The molecule has 1 aromatic carbocycles. The molecule has 158 valence electrons. The van der Waals surface area contributed by atoms with E-state index in [4.69, 9.17) is 21.7 Å². The Labute approximate surface area is 179 Å². The maximum atomic E-state index is 13.9. The number of carbonyl (C=O) groups is 2. The van der Waals surface area contributed by atoms with E-state index >= 15 is 0 Å². The maximum Gasteiger partial charge on any atom is 0.303 e. The molecule has 0 aliphatic carbocycles. The number of thiocarbonyl (C=S) groups is 1. The first kappa shape index (κ1) is 22.1. The maximum absolute atomic E-state index is 13.9. The zero-order valence-corrected chi connectivity index (χ0v) is 17.1. The highest BCUT2D eigenvalue weighted by Crippen LogP contribution is 2.34. The summed E-state index contributed by atoms with van der Waals surface area (Å²) < 4.78 is 46.3. The molecule has 5 nitrogen and oxygen atoms in total. The molecule has 1 amide bonds. The van der Waals surface area contributed by atoms with Crippen molar-refractivity contribution >= 4 is 46.3 Å². The summed E-state index contributed by atoms with van der Waals surface area (Å²) in [6.45, 7) is 0.380. The zero-order chi connectivity index (χ0) is 21.8. The van der Waals surface area contributed by atoms with Gasteiger partial charge in [-0.15, -0.1) is 0 Å². The van der Waals surface area contributed by atoms with Gasteiger partial charge in [0.1, 0.15) is 21.7 Å². The average molecular weight is 455 g/mol. The van der Waals surface area contributed by atoms with Crippen LogP contribution in [-0.4, -0.2) is 32.7 Å². The lowest BCUT2D eigenvalue weighted by Gasteiger charge is -2.13. The highest BCUT2D eigenvalue weighted by molar-refractivity contribution is 8.26. The number of nitrogens with zero attached hydrogens (tertiary/aromatic N) is 1. The quantitative estimate of drug-likeness (QED) is 0.255. The molecule has 1 aliphatic heterocycles. The minimum absolute atomic E-state index is 0.00782. The minimum atomic E-state index is -1.30. The molecule has 30 heavy (non-hydrogen) atoms. The van der Waals surface area contributed by atoms with Gasteiger partial charge >= 0.3 is 5.97 Å². The SMILES string of the molecule is O=C(O)CCCCCN1C(=O)C(=Cc2ccc(-c3cc(F)c(F)cc3F)o2)SC1=S. The van der Waals surface area contributed by atoms with Crippen LogP contribution >= 0.6 is 24.0 Å². The molecule has 0 unspecified atom stereocenters. The van der Waals surface area contributed by atoms with Gasteiger partial charge in [-0.25, -0.2) is 13.2 Å². The molecular formula is C20H16F3NO4S2. The Balaban J connectivity index is 1.68. The molecule has 1 N–H and O–H groups in total. The fourth-order valence-corrected chi connectivity index (χ4v) is 4.12. The monoisotopic (exact) mass is 455 g/mol. The second kappa shape index (κ2) is 9.48. The highest BCUT2D eigenvalue weighted by Gasteiger charge is 2.31. The first-order chi connectivity index (χ1) is 14.3. The predicted molar refractivity (Wildman–Crippen MR) is 110 cm³/mol. The number of hydrogen-bond acceptors (Lipinski definition) is 5. The first-order valence-corrected chi connectivity index (χ1v) is 10.2. The van der Waals surface area contributed by atoms with Crippen molar-refractivity contribution in [3.63, 3.8) is 0 Å². The lowest BCUT2D eigenvalue weighted by atomic mass is 10.1. The number of halogens is 3. The molecule has 0 spiro atoms. The van der Waals surface area contributed by atoms with E-state index in [1.807, 2.05) is 0 Å². The normalized spacial score (nSPS) is 15.4. The van der Waals surface area contributed by atoms with Gasteiger partial charge in [-0.2, -0.15) is 0 Å². The molecule has 0 radical (unpaired) electrons. The number of benzene rings is 1. The van der Waals surface area contributed by atoms with E-state index in [0.717, 1.165) is 11.8 Å². The van der Waals surface area contributed by atoms with Crippen LogP contribution in [0, 0.1) is 17.5 Å². The molecule has 1 saturated heterocycles. The third kappa shape index (κ3) is 5.11. The first-order valence-electron chi connectivity index (χ1n) is 8.98. The van der Waals surface area contributed by atoms with Crippen molar-refractivity contribution in [1.82, 2.24) is 4.90 Å². The van der Waals surface area contributed by atoms with Crippen molar-refractivity contribution < 1.29 is 32.3 Å². The molecule has 2 heterocycles. The van der Waals surface area contributed by atoms with Crippen molar-refractivity contribution in [3.8, 4) is 11.3 Å². The topological polar surface area (TPSA) is 70.8 Å². The van der Waals surface area contributed by atoms with Gasteiger partial charge in [-0.05, 0) is 31.0 Å². The van der Waals surface area contributed by atoms with Crippen molar-refractivity contribution in [3.05, 3.63) is 52.4 Å². The van der Waals surface area contributed by atoms with Crippen LogP contribution in [-0.2, 0) is 9.59 Å². The number of rotatable bonds is 8. The largest absolute Gasteiger partial charge is 0.481 e. The Kier molecular flexibility index (Phi) is 6.99. The van der Waals surface area contributed by atoms with Gasteiger partial charge in [0.2, 0.25) is 0 Å². The van der Waals surface area contributed by atoms with Gasteiger partial charge in [0.05, 0.1) is 10.5 Å². The summed E-state index contributed by atoms with van der Waals surface area (Å²) in [7, 11) is 0. The number of carboxylic acid groups (broad SMARTS) is 1. The van der Waals surface area contributed by atoms with Crippen LogP contribution in [0.15, 0.2) is 33.6 Å². The van der Waals surface area contributed by atoms with Gasteiger partial charge < -0.3 is 9.52 Å². The fraction of sp³-hybridized carbons (Fsp3) is 0.250. The van der Waals surface area contributed by atoms with E-state index in [9.17, 15) is 22.8 Å². The summed E-state index contributed by atoms with van der Waals surface area (Å²) in [5.74, 6) is -4.40. The molecule has 2 aromatic rings. The van der Waals surface area contributed by atoms with E-state index in [-0.39, 0.29) is 29.4 Å². The molecule has 0 bridgehead atoms. The van der Waals surface area contributed by atoms with E-state index in [2.05, 4.69) is 0 Å². The molecule has 1 aromatic heterocycles. The number of amides is 1. The predicted octanol–water partition coefficient (Wildman–Crippen LogP) is 5.21. The molecule has 1 fully saturated rings. The summed E-state index contributed by atoms with van der Waals surface area (Å²) in [6, 6.07) is 4.02. The average Bonchev–Trinajstić information content (AvgIpc) is 3.24. The van der Waals surface area contributed by atoms with Crippen LogP contribution in [0.25, 0.3) is 17.4 Å². The number of furan rings is 1. The standard InChI is InChI=1S/C20H16F3NO4S2/c21-13-10-15(23)14(22)9-12(13)16-6-5-11(28-16)8-17-19(27)24(20(29)30-17)7-3-1-2-4-18(25)26/h5-6,8-10H,1-4,7H2,(H,25,26). The summed E-state index contributed by atoms with van der Waals surface area (Å²) in [5.41, 5.74) is -0.234. The van der Waals surface area contributed by atoms with Crippen LogP contribution < -0.4 is 0 Å². The van der Waals surface area contributed by atoms with E-state index < -0.39 is 23.4 Å². The number of thioether (sulfide) groups is 1. The number of hydrogen-bond donors (Lipinski definition) is 1. The molecule has 0 saturated carbocycles. The summed E-state index contributed by atoms with van der Waals surface area (Å²) >= 11 is 6.32. The minimum Gasteiger partial charge on any atom is -0.481 e. The van der Waals surface area contributed by atoms with Crippen molar-refractivity contribution in [2.45, 2.75) is 25.7 Å². The third-order valence-electron chi connectivity index (χ3n) is 4.32. The number of carboxylic acids is 1. The number of unbranched alkanes of at least 4 members (excludes halogenated alkanes) is 2. The van der Waals surface area contributed by atoms with E-state index in [0.29, 0.717) is 47.2 Å². The highest BCUT2D eigenvalue weighted by atomic mass is 32.2. The summed E-state index contributed by atoms with van der Waals surface area (Å²) in [6.07, 6.45) is 3.33. The van der Waals surface area contributed by atoms with Crippen LogP contribution in [0.2, 0.25) is 0 Å².